The number of nitrogens with zero attached hydrogens (tertiary/aromatic N) is 1. The van der Waals surface area contributed by atoms with Crippen molar-refractivity contribution in [1.82, 2.24) is 0 Å². The maximum atomic E-state index is 13.4. The van der Waals surface area contributed by atoms with Crippen LogP contribution in [0.5, 0.6) is 11.5 Å². The minimum absolute atomic E-state index is 0.000538. The number of methoxy groups -OCH3 is 1. The molecule has 0 radical (unpaired) electrons. The second-order valence-corrected chi connectivity index (χ2v) is 8.22. The normalized spacial score (nSPS) is 13.1. The topological polar surface area (TPSA) is 82.4 Å². The summed E-state index contributed by atoms with van der Waals surface area (Å²) in [6.07, 6.45) is 5.11. The number of hydrogen-bond donors (Lipinski definition) is 1. The number of pyridine rings is 1. The van der Waals surface area contributed by atoms with Gasteiger partial charge in [0.15, 0.2) is 0 Å². The number of rotatable bonds is 5. The first-order chi connectivity index (χ1) is 15.5. The molecular formula is C25H24ClFN3O2+. The van der Waals surface area contributed by atoms with Gasteiger partial charge in [-0.05, 0) is 49.1 Å². The van der Waals surface area contributed by atoms with Gasteiger partial charge in [-0.1, -0.05) is 24.1 Å². The summed E-state index contributed by atoms with van der Waals surface area (Å²) in [7, 11) is 1.59. The average Bonchev–Trinajstić information content (AvgIpc) is 3.04. The third-order valence-electron chi connectivity index (χ3n) is 5.79. The summed E-state index contributed by atoms with van der Waals surface area (Å²) in [6.45, 7) is 0.192. The number of aryl methyl sites for hydroxylation is 1. The van der Waals surface area contributed by atoms with Gasteiger partial charge in [-0.3, -0.25) is 5.73 Å². The van der Waals surface area contributed by atoms with Crippen LogP contribution in [0.4, 0.5) is 10.2 Å². The van der Waals surface area contributed by atoms with Gasteiger partial charge >= 0.3 is 0 Å². The molecule has 2 aromatic carbocycles. The Morgan fingerprint density at radius 1 is 1.16 bits per heavy atom. The molecule has 7 heteroatoms. The van der Waals surface area contributed by atoms with Crippen LogP contribution in [-0.2, 0) is 19.4 Å². The van der Waals surface area contributed by atoms with Crippen LogP contribution in [0, 0.1) is 17.1 Å². The molecule has 0 unspecified atom stereocenters. The summed E-state index contributed by atoms with van der Waals surface area (Å²) < 4.78 is 24.8. The van der Waals surface area contributed by atoms with Crippen LogP contribution >= 0.6 is 11.6 Å². The Labute approximate surface area is 191 Å². The maximum Gasteiger partial charge on any atom is 0.289 e. The highest BCUT2D eigenvalue weighted by molar-refractivity contribution is 6.30. The van der Waals surface area contributed by atoms with Crippen molar-refractivity contribution in [3.8, 4) is 28.7 Å². The van der Waals surface area contributed by atoms with E-state index in [0.29, 0.717) is 22.9 Å². The molecule has 1 heterocycles. The molecule has 0 fully saturated rings. The molecule has 0 aliphatic heterocycles. The van der Waals surface area contributed by atoms with E-state index < -0.39 is 5.82 Å². The van der Waals surface area contributed by atoms with Gasteiger partial charge in [0.1, 0.15) is 41.2 Å². The zero-order valence-corrected chi connectivity index (χ0v) is 18.6. The van der Waals surface area contributed by atoms with Crippen molar-refractivity contribution in [1.29, 1.82) is 5.26 Å². The highest BCUT2D eigenvalue weighted by atomic mass is 35.5. The number of nitrogen functional groups attached to an aromatic ring is 1. The predicted octanol–water partition coefficient (Wildman–Crippen LogP) is 5.27. The number of anilines is 1. The Morgan fingerprint density at radius 3 is 2.72 bits per heavy atom. The summed E-state index contributed by atoms with van der Waals surface area (Å²) in [6, 6.07) is 12.3. The minimum Gasteiger partial charge on any atom is -0.496 e. The van der Waals surface area contributed by atoms with Gasteiger partial charge in [0.2, 0.25) is 0 Å². The van der Waals surface area contributed by atoms with E-state index in [-0.39, 0.29) is 11.6 Å². The van der Waals surface area contributed by atoms with E-state index in [4.69, 9.17) is 26.8 Å². The average molecular weight is 453 g/mol. The standard InChI is InChI=1S/C25H23ClFN3O2/c1-31-23-10-7-15(11-16(23)14-32-17-8-9-21(27)20(26)12-17)24-18-5-3-2-4-6-22(18)30-25(29)19(24)13-28/h7-12H,2-6,14H2,1H3,(H2,29,30)/p+1. The number of H-pyrrole nitrogens is 1. The Hall–Kier alpha value is -3.30. The van der Waals surface area contributed by atoms with E-state index in [1.807, 2.05) is 18.2 Å². The number of nitrogens with two attached hydrogens (primary N) is 1. The van der Waals surface area contributed by atoms with Crippen molar-refractivity contribution in [2.45, 2.75) is 38.7 Å². The lowest BCUT2D eigenvalue weighted by Gasteiger charge is -2.16. The van der Waals surface area contributed by atoms with Crippen LogP contribution in [0.25, 0.3) is 11.1 Å². The molecule has 0 saturated carbocycles. The van der Waals surface area contributed by atoms with Gasteiger partial charge in [-0.2, -0.15) is 5.26 Å². The number of aromatic nitrogens is 1. The number of aromatic amines is 1. The second kappa shape index (κ2) is 9.46. The quantitative estimate of drug-likeness (QED) is 0.534. The number of hydrogen-bond acceptors (Lipinski definition) is 4. The Balaban J connectivity index is 1.76. The summed E-state index contributed by atoms with van der Waals surface area (Å²) in [5.41, 5.74) is 11.5. The van der Waals surface area contributed by atoms with Crippen LogP contribution in [0.15, 0.2) is 36.4 Å². The van der Waals surface area contributed by atoms with Crippen LogP contribution in [0.1, 0.15) is 41.6 Å². The molecule has 3 N–H and O–H groups in total. The summed E-state index contributed by atoms with van der Waals surface area (Å²) in [4.78, 5) is 3.25. The molecule has 4 rings (SSSR count). The van der Waals surface area contributed by atoms with Gasteiger partial charge in [0.25, 0.3) is 5.82 Å². The van der Waals surface area contributed by atoms with Crippen LogP contribution in [0.3, 0.4) is 0 Å². The van der Waals surface area contributed by atoms with E-state index in [1.165, 1.54) is 18.2 Å². The highest BCUT2D eigenvalue weighted by Crippen LogP contribution is 2.36. The number of ether oxygens (including phenoxy) is 2. The SMILES string of the molecule is COc1ccc(-c2c(C#N)c(N)[nH+]c3c2CCCCC3)cc1COc1ccc(F)c(Cl)c1. The van der Waals surface area contributed by atoms with E-state index in [9.17, 15) is 9.65 Å². The number of fused-ring (bicyclic) bond motifs is 1. The largest absolute Gasteiger partial charge is 0.496 e. The number of nitrogens with one attached hydrogen (secondary N) is 1. The molecule has 0 atom stereocenters. The molecule has 0 amide bonds. The molecule has 1 aliphatic rings. The lowest BCUT2D eigenvalue weighted by atomic mass is 9.91. The first kappa shape index (κ1) is 21.9. The summed E-state index contributed by atoms with van der Waals surface area (Å²) >= 11 is 5.86. The lowest BCUT2D eigenvalue weighted by Crippen LogP contribution is -2.22. The number of nitriles is 1. The zero-order valence-electron chi connectivity index (χ0n) is 17.8. The van der Waals surface area contributed by atoms with Crippen LogP contribution in [0.2, 0.25) is 5.02 Å². The Bertz CT molecular complexity index is 1210. The number of benzene rings is 2. The molecule has 1 aromatic heterocycles. The summed E-state index contributed by atoms with van der Waals surface area (Å²) in [5.74, 6) is 0.996. The third kappa shape index (κ3) is 4.35. The highest BCUT2D eigenvalue weighted by Gasteiger charge is 2.24. The van der Waals surface area contributed by atoms with Gasteiger partial charge in [0.05, 0.1) is 12.1 Å². The number of halogens is 2. The zero-order chi connectivity index (χ0) is 22.7. The van der Waals surface area contributed by atoms with Crippen molar-refractivity contribution in [2.75, 3.05) is 12.8 Å². The molecule has 32 heavy (non-hydrogen) atoms. The molecule has 0 bridgehead atoms. The third-order valence-corrected chi connectivity index (χ3v) is 6.08. The first-order valence-electron chi connectivity index (χ1n) is 10.5. The minimum atomic E-state index is -0.498. The second-order valence-electron chi connectivity index (χ2n) is 7.81. The molecule has 0 spiro atoms. The molecule has 0 saturated heterocycles. The monoisotopic (exact) mass is 452 g/mol. The van der Waals surface area contributed by atoms with Gasteiger partial charge in [0, 0.05) is 29.2 Å². The molecule has 5 nitrogen and oxygen atoms in total. The van der Waals surface area contributed by atoms with E-state index in [2.05, 4.69) is 11.1 Å². The van der Waals surface area contributed by atoms with Gasteiger partial charge in [-0.25, -0.2) is 9.37 Å². The summed E-state index contributed by atoms with van der Waals surface area (Å²) in [5, 5.41) is 9.86. The predicted molar refractivity (Wildman–Crippen MR) is 121 cm³/mol. The molecule has 3 aromatic rings. The Kier molecular flexibility index (Phi) is 6.48. The Morgan fingerprint density at radius 2 is 1.97 bits per heavy atom. The molecule has 1 aliphatic carbocycles. The fraction of sp³-hybridized carbons (Fsp3) is 0.280. The van der Waals surface area contributed by atoms with Gasteiger partial charge < -0.3 is 9.47 Å². The smallest absolute Gasteiger partial charge is 0.289 e. The van der Waals surface area contributed by atoms with Crippen LogP contribution < -0.4 is 20.2 Å². The van der Waals surface area contributed by atoms with Gasteiger partial charge in [-0.15, -0.1) is 0 Å². The molecule has 164 valence electrons. The fourth-order valence-corrected chi connectivity index (χ4v) is 4.39. The van der Waals surface area contributed by atoms with E-state index >= 15 is 0 Å². The van der Waals surface area contributed by atoms with Crippen LogP contribution in [-0.4, -0.2) is 7.11 Å². The lowest BCUT2D eigenvalue weighted by molar-refractivity contribution is -0.373. The fourth-order valence-electron chi connectivity index (χ4n) is 4.22. The van der Waals surface area contributed by atoms with Crippen molar-refractivity contribution in [3.63, 3.8) is 0 Å². The van der Waals surface area contributed by atoms with Crippen molar-refractivity contribution >= 4 is 17.4 Å². The molecular weight excluding hydrogens is 429 g/mol. The van der Waals surface area contributed by atoms with Crippen molar-refractivity contribution in [2.24, 2.45) is 0 Å². The van der Waals surface area contributed by atoms with E-state index in [1.54, 1.807) is 7.11 Å². The van der Waals surface area contributed by atoms with E-state index in [0.717, 1.165) is 60.1 Å². The van der Waals surface area contributed by atoms with Crippen molar-refractivity contribution in [3.05, 3.63) is 69.6 Å². The maximum absolute atomic E-state index is 13.4. The van der Waals surface area contributed by atoms with Crippen molar-refractivity contribution < 1.29 is 18.8 Å². The first-order valence-corrected chi connectivity index (χ1v) is 10.9.